The fourth-order valence-electron chi connectivity index (χ4n) is 1.95. The van der Waals surface area contributed by atoms with Crippen LogP contribution in [-0.4, -0.2) is 36.9 Å². The van der Waals surface area contributed by atoms with Crippen molar-refractivity contribution in [3.8, 4) is 23.0 Å². The predicted octanol–water partition coefficient (Wildman–Crippen LogP) is 2.88. The van der Waals surface area contributed by atoms with E-state index in [2.05, 4.69) is 10.2 Å². The lowest BCUT2D eigenvalue weighted by Crippen LogP contribution is -1.92. The number of hydrogen-bond acceptors (Lipinski definition) is 6. The predicted molar refractivity (Wildman–Crippen MR) is 89.2 cm³/mol. The zero-order valence-electron chi connectivity index (χ0n) is 13.1. The first kappa shape index (κ1) is 16.4. The van der Waals surface area contributed by atoms with Crippen LogP contribution in [0.2, 0.25) is 0 Å². The van der Waals surface area contributed by atoms with Crippen molar-refractivity contribution in [1.29, 1.82) is 0 Å². The summed E-state index contributed by atoms with van der Waals surface area (Å²) in [4.78, 5) is 0. The highest BCUT2D eigenvalue weighted by atomic mass is 16.5. The van der Waals surface area contributed by atoms with Gasteiger partial charge in [-0.15, -0.1) is 0 Å². The summed E-state index contributed by atoms with van der Waals surface area (Å²) >= 11 is 0. The van der Waals surface area contributed by atoms with E-state index in [1.54, 1.807) is 36.5 Å². The second-order valence-electron chi connectivity index (χ2n) is 4.81. The van der Waals surface area contributed by atoms with Crippen LogP contribution in [0.15, 0.2) is 40.5 Å². The van der Waals surface area contributed by atoms with Crippen LogP contribution in [0.1, 0.15) is 16.7 Å². The number of phenols is 2. The summed E-state index contributed by atoms with van der Waals surface area (Å²) in [5.74, 6) is 0.775. The van der Waals surface area contributed by atoms with Gasteiger partial charge in [-0.25, -0.2) is 0 Å². The molecule has 2 aromatic carbocycles. The first-order valence-electron chi connectivity index (χ1n) is 6.86. The van der Waals surface area contributed by atoms with Crippen LogP contribution in [-0.2, 0) is 0 Å². The van der Waals surface area contributed by atoms with Crippen molar-refractivity contribution in [1.82, 2.24) is 0 Å². The highest BCUT2D eigenvalue weighted by molar-refractivity contribution is 5.84. The lowest BCUT2D eigenvalue weighted by atomic mass is 10.1. The molecule has 0 heterocycles. The summed E-state index contributed by atoms with van der Waals surface area (Å²) in [7, 11) is 2.92. The number of rotatable bonds is 5. The van der Waals surface area contributed by atoms with Crippen molar-refractivity contribution < 1.29 is 19.7 Å². The van der Waals surface area contributed by atoms with Gasteiger partial charge in [0.25, 0.3) is 0 Å². The van der Waals surface area contributed by atoms with E-state index < -0.39 is 0 Å². The lowest BCUT2D eigenvalue weighted by Gasteiger charge is -2.08. The molecule has 0 saturated heterocycles. The SMILES string of the molecule is COc1cc(C=NN=Cc2ccc(O)c(C)c2)cc(OC)c1O. The Bertz CT molecular complexity index is 729. The summed E-state index contributed by atoms with van der Waals surface area (Å²) in [6.07, 6.45) is 3.10. The summed E-state index contributed by atoms with van der Waals surface area (Å²) in [6.45, 7) is 1.81. The monoisotopic (exact) mass is 314 g/mol. The third-order valence-electron chi connectivity index (χ3n) is 3.20. The van der Waals surface area contributed by atoms with E-state index in [-0.39, 0.29) is 11.5 Å². The fourth-order valence-corrected chi connectivity index (χ4v) is 1.95. The van der Waals surface area contributed by atoms with Crippen molar-refractivity contribution in [2.75, 3.05) is 14.2 Å². The molecule has 0 amide bonds. The average molecular weight is 314 g/mol. The number of ether oxygens (including phenoxy) is 2. The van der Waals surface area contributed by atoms with Gasteiger partial charge < -0.3 is 19.7 Å². The number of nitrogens with zero attached hydrogens (tertiary/aromatic N) is 2. The largest absolute Gasteiger partial charge is 0.508 e. The first-order chi connectivity index (χ1) is 11.0. The van der Waals surface area contributed by atoms with Crippen LogP contribution in [0.5, 0.6) is 23.0 Å². The highest BCUT2D eigenvalue weighted by Crippen LogP contribution is 2.36. The molecule has 2 rings (SSSR count). The Hall–Kier alpha value is -3.02. The van der Waals surface area contributed by atoms with Crippen LogP contribution in [0.3, 0.4) is 0 Å². The second kappa shape index (κ2) is 7.31. The molecule has 0 atom stereocenters. The molecule has 120 valence electrons. The van der Waals surface area contributed by atoms with Crippen molar-refractivity contribution in [3.05, 3.63) is 47.0 Å². The summed E-state index contributed by atoms with van der Waals surface area (Å²) in [5.41, 5.74) is 2.28. The fraction of sp³-hybridized carbons (Fsp3) is 0.176. The van der Waals surface area contributed by atoms with Gasteiger partial charge in [0.1, 0.15) is 5.75 Å². The Morgan fingerprint density at radius 3 is 1.96 bits per heavy atom. The number of hydrogen-bond donors (Lipinski definition) is 2. The maximum atomic E-state index is 9.84. The molecule has 0 aliphatic rings. The zero-order chi connectivity index (χ0) is 16.8. The third-order valence-corrected chi connectivity index (χ3v) is 3.20. The molecule has 0 spiro atoms. The molecule has 0 fully saturated rings. The van der Waals surface area contributed by atoms with Gasteiger partial charge in [0, 0.05) is 5.56 Å². The Morgan fingerprint density at radius 2 is 1.43 bits per heavy atom. The molecule has 0 saturated carbocycles. The van der Waals surface area contributed by atoms with E-state index in [1.807, 2.05) is 6.92 Å². The van der Waals surface area contributed by atoms with Gasteiger partial charge in [0.05, 0.1) is 26.6 Å². The maximum absolute atomic E-state index is 9.84. The Balaban J connectivity index is 2.16. The van der Waals surface area contributed by atoms with Crippen molar-refractivity contribution in [3.63, 3.8) is 0 Å². The van der Waals surface area contributed by atoms with E-state index in [4.69, 9.17) is 9.47 Å². The van der Waals surface area contributed by atoms with Crippen LogP contribution in [0, 0.1) is 6.92 Å². The summed E-state index contributed by atoms with van der Waals surface area (Å²) < 4.78 is 10.1. The molecular weight excluding hydrogens is 296 g/mol. The Labute approximate surface area is 134 Å². The Morgan fingerprint density at radius 1 is 0.870 bits per heavy atom. The smallest absolute Gasteiger partial charge is 0.200 e. The molecule has 2 N–H and O–H groups in total. The molecule has 0 aromatic heterocycles. The topological polar surface area (TPSA) is 83.6 Å². The van der Waals surface area contributed by atoms with Gasteiger partial charge in [0.2, 0.25) is 5.75 Å². The molecule has 6 nitrogen and oxygen atoms in total. The van der Waals surface area contributed by atoms with Gasteiger partial charge in [-0.2, -0.15) is 10.2 Å². The van der Waals surface area contributed by atoms with Crippen molar-refractivity contribution >= 4 is 12.4 Å². The van der Waals surface area contributed by atoms with E-state index in [9.17, 15) is 10.2 Å². The molecule has 0 aliphatic heterocycles. The minimum Gasteiger partial charge on any atom is -0.508 e. The van der Waals surface area contributed by atoms with Gasteiger partial charge >= 0.3 is 0 Å². The lowest BCUT2D eigenvalue weighted by molar-refractivity contribution is 0.340. The molecule has 6 heteroatoms. The first-order valence-corrected chi connectivity index (χ1v) is 6.86. The average Bonchev–Trinajstić information content (AvgIpc) is 2.55. The van der Waals surface area contributed by atoms with Crippen LogP contribution in [0.4, 0.5) is 0 Å². The van der Waals surface area contributed by atoms with E-state index in [1.165, 1.54) is 20.4 Å². The van der Waals surface area contributed by atoms with Crippen molar-refractivity contribution in [2.24, 2.45) is 10.2 Å². The second-order valence-corrected chi connectivity index (χ2v) is 4.81. The van der Waals surface area contributed by atoms with Crippen LogP contribution >= 0.6 is 0 Å². The van der Waals surface area contributed by atoms with Gasteiger partial charge in [-0.3, -0.25) is 0 Å². The third kappa shape index (κ3) is 4.00. The molecule has 2 aromatic rings. The van der Waals surface area contributed by atoms with Crippen molar-refractivity contribution in [2.45, 2.75) is 6.92 Å². The molecule has 0 unspecified atom stereocenters. The van der Waals surface area contributed by atoms with Crippen LogP contribution < -0.4 is 9.47 Å². The normalized spacial score (nSPS) is 11.3. The quantitative estimate of drug-likeness (QED) is 0.656. The van der Waals surface area contributed by atoms with Gasteiger partial charge in [-0.1, -0.05) is 0 Å². The van der Waals surface area contributed by atoms with E-state index in [0.29, 0.717) is 17.1 Å². The molecule has 23 heavy (non-hydrogen) atoms. The molecule has 0 aliphatic carbocycles. The highest BCUT2D eigenvalue weighted by Gasteiger charge is 2.09. The standard InChI is InChI=1S/C17H18N2O4/c1-11-6-12(4-5-14(11)20)9-18-19-10-13-7-15(22-2)17(21)16(8-13)23-3/h4-10,20-21H,1-3H3. The number of aryl methyl sites for hydroxylation is 1. The number of methoxy groups -OCH3 is 2. The Kier molecular flexibility index (Phi) is 5.19. The summed E-state index contributed by atoms with van der Waals surface area (Å²) in [6, 6.07) is 8.41. The number of aromatic hydroxyl groups is 2. The van der Waals surface area contributed by atoms with E-state index >= 15 is 0 Å². The minimum atomic E-state index is -0.0600. The molecule has 0 radical (unpaired) electrons. The number of phenolic OH excluding ortho intramolecular Hbond substituents is 2. The van der Waals surface area contributed by atoms with Gasteiger partial charge in [0.15, 0.2) is 11.5 Å². The van der Waals surface area contributed by atoms with E-state index in [0.717, 1.165) is 11.1 Å². The number of benzene rings is 2. The maximum Gasteiger partial charge on any atom is 0.200 e. The molecule has 0 bridgehead atoms. The zero-order valence-corrected chi connectivity index (χ0v) is 13.1. The van der Waals surface area contributed by atoms with Crippen LogP contribution in [0.25, 0.3) is 0 Å². The van der Waals surface area contributed by atoms with Gasteiger partial charge in [-0.05, 0) is 48.4 Å². The molecular formula is C17H18N2O4. The minimum absolute atomic E-state index is 0.0600. The summed E-state index contributed by atoms with van der Waals surface area (Å²) in [5, 5.41) is 27.2.